The van der Waals surface area contributed by atoms with E-state index in [4.69, 9.17) is 17.0 Å². The van der Waals surface area contributed by atoms with Gasteiger partial charge in [0, 0.05) is 29.5 Å². The summed E-state index contributed by atoms with van der Waals surface area (Å²) in [6, 6.07) is 13.8. The molecule has 5 rings (SSSR count). The van der Waals surface area contributed by atoms with Gasteiger partial charge in [-0.05, 0) is 31.2 Å². The molecule has 1 fully saturated rings. The number of hydrogen-bond acceptors (Lipinski definition) is 7. The van der Waals surface area contributed by atoms with Crippen LogP contribution in [0.1, 0.15) is 18.1 Å². The minimum atomic E-state index is -2.40. The normalized spacial score (nSPS) is 25.0. The zero-order chi connectivity index (χ0) is 26.0. The van der Waals surface area contributed by atoms with Gasteiger partial charge < -0.3 is 15.0 Å². The first-order valence-electron chi connectivity index (χ1n) is 11.0. The number of hydrogen-bond donors (Lipinski definition) is 1. The molecule has 2 atom stereocenters. The van der Waals surface area contributed by atoms with Gasteiger partial charge in [0.25, 0.3) is 5.91 Å². The number of benzene rings is 2. The van der Waals surface area contributed by atoms with Crippen molar-refractivity contribution in [3.8, 4) is 12.1 Å². The summed E-state index contributed by atoms with van der Waals surface area (Å²) in [6.45, 7) is 1.08. The third-order valence-electron chi connectivity index (χ3n) is 7.21. The van der Waals surface area contributed by atoms with Crippen LogP contribution in [0.3, 0.4) is 0 Å². The lowest BCUT2D eigenvalue weighted by atomic mass is 9.54. The first-order valence-corrected chi connectivity index (χ1v) is 11.4. The van der Waals surface area contributed by atoms with Crippen molar-refractivity contribution >= 4 is 46.4 Å². The van der Waals surface area contributed by atoms with Crippen molar-refractivity contribution in [2.45, 2.75) is 17.9 Å². The average molecular weight is 504 g/mol. The van der Waals surface area contributed by atoms with Crippen molar-refractivity contribution in [1.29, 1.82) is 10.5 Å². The number of carbonyl (C=O) groups is 3. The fourth-order valence-corrected chi connectivity index (χ4v) is 6.23. The summed E-state index contributed by atoms with van der Waals surface area (Å²) in [5.74, 6) is -3.08. The fraction of sp³-hybridized carbons (Fsp3) is 0.280. The maximum absolute atomic E-state index is 14.8. The van der Waals surface area contributed by atoms with Crippen molar-refractivity contribution in [2.24, 2.45) is 5.41 Å². The van der Waals surface area contributed by atoms with Crippen LogP contribution in [0.2, 0.25) is 0 Å². The van der Waals surface area contributed by atoms with Crippen molar-refractivity contribution in [1.82, 2.24) is 5.32 Å². The number of rotatable bonds is 3. The molecule has 3 aliphatic heterocycles. The Morgan fingerprint density at radius 2 is 1.81 bits per heavy atom. The summed E-state index contributed by atoms with van der Waals surface area (Å²) in [5.41, 5.74) is -6.08. The predicted octanol–water partition coefficient (Wildman–Crippen LogP) is 1.81. The number of esters is 1. The van der Waals surface area contributed by atoms with Gasteiger partial charge in [0.05, 0.1) is 18.7 Å². The lowest BCUT2D eigenvalue weighted by Gasteiger charge is -2.41. The van der Waals surface area contributed by atoms with Gasteiger partial charge in [-0.25, -0.2) is 4.39 Å². The maximum atomic E-state index is 14.8. The zero-order valence-electron chi connectivity index (χ0n) is 19.2. The van der Waals surface area contributed by atoms with Gasteiger partial charge in [-0.2, -0.15) is 10.5 Å². The van der Waals surface area contributed by atoms with E-state index in [1.54, 1.807) is 31.2 Å². The Morgan fingerprint density at radius 3 is 2.47 bits per heavy atom. The minimum absolute atomic E-state index is 0.0504. The largest absolute Gasteiger partial charge is 0.465 e. The number of nitrogens with zero attached hydrogens (tertiary/aromatic N) is 4. The number of nitrogens with one attached hydrogen (secondary N) is 1. The van der Waals surface area contributed by atoms with Gasteiger partial charge in [-0.15, -0.1) is 0 Å². The molecule has 2 spiro atoms. The highest BCUT2D eigenvalue weighted by atomic mass is 32.1. The molecular formula is C25H18FN5O4S. The zero-order valence-corrected chi connectivity index (χ0v) is 20.0. The lowest BCUT2D eigenvalue weighted by molar-refractivity contribution is -0.143. The Labute approximate surface area is 210 Å². The van der Waals surface area contributed by atoms with E-state index in [0.29, 0.717) is 11.3 Å². The molecule has 180 valence electrons. The van der Waals surface area contributed by atoms with Crippen molar-refractivity contribution in [3.05, 3.63) is 59.4 Å². The number of nitriles is 2. The smallest absolute Gasteiger partial charge is 0.326 e. The number of fused-ring (bicyclic) bond motifs is 5. The second-order valence-electron chi connectivity index (χ2n) is 8.67. The number of amides is 2. The molecule has 11 heteroatoms. The number of halogens is 1. The third kappa shape index (κ3) is 2.36. The predicted molar refractivity (Wildman–Crippen MR) is 128 cm³/mol. The molecule has 2 aromatic carbocycles. The Morgan fingerprint density at radius 1 is 1.11 bits per heavy atom. The molecule has 0 saturated carbocycles. The van der Waals surface area contributed by atoms with Gasteiger partial charge in [0.1, 0.15) is 17.4 Å². The first kappa shape index (κ1) is 23.4. The van der Waals surface area contributed by atoms with E-state index in [2.05, 4.69) is 5.32 Å². The summed E-state index contributed by atoms with van der Waals surface area (Å²) in [7, 11) is 1.50. The van der Waals surface area contributed by atoms with Gasteiger partial charge in [-0.3, -0.25) is 19.3 Å². The number of para-hydroxylation sites is 1. The molecule has 0 aromatic heterocycles. The van der Waals surface area contributed by atoms with Crippen LogP contribution in [0.15, 0.2) is 42.5 Å². The molecule has 2 aromatic rings. The Hall–Kier alpha value is -4.35. The molecule has 0 radical (unpaired) electrons. The van der Waals surface area contributed by atoms with Crippen molar-refractivity contribution in [2.75, 3.05) is 30.0 Å². The van der Waals surface area contributed by atoms with Crippen molar-refractivity contribution in [3.63, 3.8) is 0 Å². The summed E-state index contributed by atoms with van der Waals surface area (Å²) in [5, 5.41) is 23.8. The van der Waals surface area contributed by atoms with Gasteiger partial charge >= 0.3 is 5.97 Å². The minimum Gasteiger partial charge on any atom is -0.465 e. The van der Waals surface area contributed by atoms with Crippen LogP contribution in [0.5, 0.6) is 0 Å². The van der Waals surface area contributed by atoms with E-state index in [-0.39, 0.29) is 22.8 Å². The molecule has 0 unspecified atom stereocenters. The molecule has 3 heterocycles. The summed E-state index contributed by atoms with van der Waals surface area (Å²) in [6.07, 6.45) is 0. The molecule has 1 N–H and O–H groups in total. The number of carbonyl (C=O) groups excluding carboxylic acids is 3. The second-order valence-corrected chi connectivity index (χ2v) is 9.08. The van der Waals surface area contributed by atoms with Crippen LogP contribution in [-0.2, 0) is 30.1 Å². The fourth-order valence-electron chi connectivity index (χ4n) is 5.83. The second kappa shape index (κ2) is 7.57. The van der Waals surface area contributed by atoms with Crippen LogP contribution < -0.4 is 15.1 Å². The maximum Gasteiger partial charge on any atom is 0.326 e. The van der Waals surface area contributed by atoms with Crippen LogP contribution in [0, 0.1) is 33.9 Å². The third-order valence-corrected chi connectivity index (χ3v) is 7.62. The van der Waals surface area contributed by atoms with Crippen LogP contribution in [0.25, 0.3) is 0 Å². The summed E-state index contributed by atoms with van der Waals surface area (Å²) < 4.78 is 19.8. The number of ether oxygens (including phenoxy) is 1. The van der Waals surface area contributed by atoms with Gasteiger partial charge in [0.15, 0.2) is 11.0 Å². The van der Waals surface area contributed by atoms with E-state index in [1.807, 2.05) is 12.1 Å². The van der Waals surface area contributed by atoms with Crippen molar-refractivity contribution < 1.29 is 23.5 Å². The molecule has 1 saturated heterocycles. The van der Waals surface area contributed by atoms with Crippen LogP contribution in [-0.4, -0.2) is 43.0 Å². The quantitative estimate of drug-likeness (QED) is 0.497. The number of likely N-dealkylation sites (N-methyl/N-ethyl adjacent to an activating group) is 1. The molecule has 2 amide bonds. The first-order chi connectivity index (χ1) is 17.2. The molecule has 9 nitrogen and oxygen atoms in total. The SMILES string of the molecule is CCOC(=O)CN1C(=O)[C@]2(c3cc(F)ccc31)C(C#N)(C#N)C(=S)N[C@]21C(=O)N(C)c2ccccc21. The van der Waals surface area contributed by atoms with E-state index < -0.39 is 46.5 Å². The highest BCUT2D eigenvalue weighted by Crippen LogP contribution is 2.67. The number of anilines is 2. The highest BCUT2D eigenvalue weighted by molar-refractivity contribution is 7.80. The van der Waals surface area contributed by atoms with Crippen LogP contribution in [0.4, 0.5) is 15.8 Å². The Kier molecular flexibility index (Phi) is 4.92. The van der Waals surface area contributed by atoms with Gasteiger partial charge in [-0.1, -0.05) is 30.4 Å². The molecule has 3 aliphatic rings. The monoisotopic (exact) mass is 503 g/mol. The van der Waals surface area contributed by atoms with Crippen LogP contribution >= 0.6 is 12.2 Å². The standard InChI is InChI=1S/C25H18FN5O4S/c1-3-35-19(32)11-31-18-9-8-14(26)10-16(18)24(21(31)33)23(12-27,13-28)20(36)29-25(24)15-6-4-5-7-17(15)30(2)22(25)34/h4-10H,3,11H2,1-2H3,(H,29,36)/t24-,25-/m1/s1. The Balaban J connectivity index is 1.94. The molecular weight excluding hydrogens is 485 g/mol. The summed E-state index contributed by atoms with van der Waals surface area (Å²) >= 11 is 5.49. The summed E-state index contributed by atoms with van der Waals surface area (Å²) in [4.78, 5) is 43.1. The van der Waals surface area contributed by atoms with E-state index in [1.165, 1.54) is 18.0 Å². The number of thiocarbonyl (C=S) groups is 1. The molecule has 0 aliphatic carbocycles. The Bertz CT molecular complexity index is 1470. The average Bonchev–Trinajstić information content (AvgIpc) is 3.34. The molecule has 0 bridgehead atoms. The van der Waals surface area contributed by atoms with E-state index in [9.17, 15) is 29.3 Å². The van der Waals surface area contributed by atoms with Gasteiger partial charge in [0.2, 0.25) is 11.3 Å². The lowest BCUT2D eigenvalue weighted by Crippen LogP contribution is -2.65. The molecule has 36 heavy (non-hydrogen) atoms. The topological polar surface area (TPSA) is 127 Å². The highest BCUT2D eigenvalue weighted by Gasteiger charge is 2.84. The van der Waals surface area contributed by atoms with E-state index in [0.717, 1.165) is 17.0 Å². The van der Waals surface area contributed by atoms with E-state index >= 15 is 0 Å².